The van der Waals surface area contributed by atoms with Crippen LogP contribution in [0, 0.1) is 5.92 Å². The Morgan fingerprint density at radius 1 is 1.32 bits per heavy atom. The third kappa shape index (κ3) is 4.10. The van der Waals surface area contributed by atoms with Crippen LogP contribution in [-0.4, -0.2) is 43.3 Å². The Balaban J connectivity index is 1.93. The number of piperidine rings is 1. The summed E-state index contributed by atoms with van der Waals surface area (Å²) in [7, 11) is 1.44. The van der Waals surface area contributed by atoms with Crippen LogP contribution < -0.4 is 5.32 Å². The molecular formula is C15H28N2O2. The molecule has 0 radical (unpaired) electrons. The van der Waals surface area contributed by atoms with E-state index in [4.69, 9.17) is 4.74 Å². The molecule has 1 aliphatic heterocycles. The molecule has 1 saturated heterocycles. The van der Waals surface area contributed by atoms with Gasteiger partial charge in [0.2, 0.25) is 0 Å². The first-order valence-electron chi connectivity index (χ1n) is 7.81. The second kappa shape index (κ2) is 7.13. The first-order chi connectivity index (χ1) is 9.22. The number of amides is 1. The number of nitrogens with zero attached hydrogens (tertiary/aromatic N) is 1. The van der Waals surface area contributed by atoms with Crippen molar-refractivity contribution in [2.24, 2.45) is 5.92 Å². The van der Waals surface area contributed by atoms with Gasteiger partial charge in [0.05, 0.1) is 7.11 Å². The minimum atomic E-state index is -0.284. The van der Waals surface area contributed by atoms with E-state index in [1.807, 2.05) is 0 Å². The van der Waals surface area contributed by atoms with Crippen LogP contribution in [0.1, 0.15) is 51.9 Å². The summed E-state index contributed by atoms with van der Waals surface area (Å²) in [5.41, 5.74) is 0. The van der Waals surface area contributed by atoms with E-state index >= 15 is 0 Å². The van der Waals surface area contributed by atoms with Gasteiger partial charge in [-0.2, -0.15) is 0 Å². The van der Waals surface area contributed by atoms with Crippen molar-refractivity contribution in [3.8, 4) is 0 Å². The largest absolute Gasteiger partial charge is 0.453 e. The Morgan fingerprint density at radius 2 is 2.05 bits per heavy atom. The van der Waals surface area contributed by atoms with Crippen LogP contribution in [0.25, 0.3) is 0 Å². The van der Waals surface area contributed by atoms with Gasteiger partial charge in [0.15, 0.2) is 0 Å². The standard InChI is InChI=1S/C15H28N2O2/c1-3-6-12-9-13(16-15(18)19-2)11-17(10-12)14-7-4-5-8-14/h12-14H,3-11H2,1-2H3,(H,16,18). The first kappa shape index (κ1) is 14.6. The predicted octanol–water partition coefficient (Wildman–Crippen LogP) is 2.78. The zero-order chi connectivity index (χ0) is 13.7. The quantitative estimate of drug-likeness (QED) is 0.852. The molecule has 110 valence electrons. The highest BCUT2D eigenvalue weighted by molar-refractivity contribution is 5.67. The maximum Gasteiger partial charge on any atom is 0.407 e. The van der Waals surface area contributed by atoms with Gasteiger partial charge in [-0.25, -0.2) is 4.79 Å². The summed E-state index contributed by atoms with van der Waals surface area (Å²) >= 11 is 0. The second-order valence-corrected chi connectivity index (χ2v) is 6.12. The van der Waals surface area contributed by atoms with Gasteiger partial charge in [-0.05, 0) is 31.6 Å². The van der Waals surface area contributed by atoms with Crippen LogP contribution in [0.3, 0.4) is 0 Å². The van der Waals surface area contributed by atoms with E-state index in [-0.39, 0.29) is 12.1 Å². The molecule has 1 N–H and O–H groups in total. The van der Waals surface area contributed by atoms with Crippen LogP contribution in [0.2, 0.25) is 0 Å². The number of ether oxygens (including phenoxy) is 1. The zero-order valence-electron chi connectivity index (χ0n) is 12.4. The lowest BCUT2D eigenvalue weighted by Crippen LogP contribution is -2.53. The van der Waals surface area contributed by atoms with Crippen LogP contribution in [0.5, 0.6) is 0 Å². The minimum absolute atomic E-state index is 0.262. The third-order valence-electron chi connectivity index (χ3n) is 4.61. The van der Waals surface area contributed by atoms with Crippen LogP contribution >= 0.6 is 0 Å². The molecule has 1 aliphatic carbocycles. The lowest BCUT2D eigenvalue weighted by Gasteiger charge is -2.41. The fourth-order valence-corrected chi connectivity index (χ4v) is 3.76. The number of nitrogens with one attached hydrogen (secondary N) is 1. The zero-order valence-corrected chi connectivity index (χ0v) is 12.4. The number of likely N-dealkylation sites (tertiary alicyclic amines) is 1. The molecule has 4 nitrogen and oxygen atoms in total. The topological polar surface area (TPSA) is 41.6 Å². The Morgan fingerprint density at radius 3 is 2.68 bits per heavy atom. The van der Waals surface area contributed by atoms with Crippen molar-refractivity contribution >= 4 is 6.09 Å². The molecule has 1 saturated carbocycles. The fourth-order valence-electron chi connectivity index (χ4n) is 3.76. The van der Waals surface area contributed by atoms with Gasteiger partial charge in [-0.1, -0.05) is 26.2 Å². The van der Waals surface area contributed by atoms with Crippen molar-refractivity contribution in [2.75, 3.05) is 20.2 Å². The molecule has 0 aromatic rings. The highest BCUT2D eigenvalue weighted by atomic mass is 16.5. The van der Waals surface area contributed by atoms with Crippen molar-refractivity contribution in [1.29, 1.82) is 0 Å². The van der Waals surface area contributed by atoms with E-state index in [1.165, 1.54) is 52.2 Å². The molecule has 0 bridgehead atoms. The first-order valence-corrected chi connectivity index (χ1v) is 7.81. The van der Waals surface area contributed by atoms with Gasteiger partial charge in [-0.15, -0.1) is 0 Å². The van der Waals surface area contributed by atoms with Crippen molar-refractivity contribution in [3.63, 3.8) is 0 Å². The number of alkyl carbamates (subject to hydrolysis) is 1. The van der Waals surface area contributed by atoms with Crippen molar-refractivity contribution in [1.82, 2.24) is 10.2 Å². The molecule has 2 atom stereocenters. The Bertz CT molecular complexity index is 290. The highest BCUT2D eigenvalue weighted by Crippen LogP contribution is 2.29. The SMILES string of the molecule is CCCC1CC(NC(=O)OC)CN(C2CCCC2)C1. The lowest BCUT2D eigenvalue weighted by atomic mass is 9.89. The maximum absolute atomic E-state index is 11.4. The maximum atomic E-state index is 11.4. The summed E-state index contributed by atoms with van der Waals surface area (Å²) in [6.45, 7) is 4.47. The number of rotatable bonds is 4. The van der Waals surface area contributed by atoms with Gasteiger partial charge in [-0.3, -0.25) is 4.90 Å². The Kier molecular flexibility index (Phi) is 5.49. The Labute approximate surface area is 116 Å². The van der Waals surface area contributed by atoms with Crippen LogP contribution in [0.15, 0.2) is 0 Å². The number of hydrogen-bond donors (Lipinski definition) is 1. The average molecular weight is 268 g/mol. The molecule has 0 aromatic heterocycles. The number of hydrogen-bond acceptors (Lipinski definition) is 3. The second-order valence-electron chi connectivity index (χ2n) is 6.12. The molecule has 2 fully saturated rings. The summed E-state index contributed by atoms with van der Waals surface area (Å²) in [6, 6.07) is 1.01. The third-order valence-corrected chi connectivity index (χ3v) is 4.61. The van der Waals surface area contributed by atoms with Crippen LogP contribution in [0.4, 0.5) is 4.79 Å². The molecule has 1 amide bonds. The lowest BCUT2D eigenvalue weighted by molar-refractivity contribution is 0.0902. The number of methoxy groups -OCH3 is 1. The van der Waals surface area contributed by atoms with E-state index in [1.54, 1.807) is 0 Å². The van der Waals surface area contributed by atoms with Gasteiger partial charge < -0.3 is 10.1 Å². The molecule has 1 heterocycles. The molecule has 2 unspecified atom stereocenters. The van der Waals surface area contributed by atoms with Crippen molar-refractivity contribution < 1.29 is 9.53 Å². The minimum Gasteiger partial charge on any atom is -0.453 e. The van der Waals surface area contributed by atoms with E-state index in [0.717, 1.165) is 24.9 Å². The highest BCUT2D eigenvalue weighted by Gasteiger charge is 2.32. The molecule has 2 aliphatic rings. The summed E-state index contributed by atoms with van der Waals surface area (Å²) < 4.78 is 4.74. The van der Waals surface area contributed by atoms with Crippen LogP contribution in [-0.2, 0) is 4.74 Å². The predicted molar refractivity (Wildman–Crippen MR) is 76.2 cm³/mol. The summed E-state index contributed by atoms with van der Waals surface area (Å²) in [5, 5.41) is 3.01. The summed E-state index contributed by atoms with van der Waals surface area (Å²) in [5.74, 6) is 0.724. The Hall–Kier alpha value is -0.770. The van der Waals surface area contributed by atoms with E-state index in [9.17, 15) is 4.79 Å². The van der Waals surface area contributed by atoms with E-state index in [0.29, 0.717) is 0 Å². The van der Waals surface area contributed by atoms with Gasteiger partial charge in [0.1, 0.15) is 0 Å². The molecular weight excluding hydrogens is 240 g/mol. The smallest absolute Gasteiger partial charge is 0.407 e. The van der Waals surface area contributed by atoms with Crippen molar-refractivity contribution in [2.45, 2.75) is 64.0 Å². The number of carbonyl (C=O) groups excluding carboxylic acids is 1. The van der Waals surface area contributed by atoms with Gasteiger partial charge in [0.25, 0.3) is 0 Å². The molecule has 0 aromatic carbocycles. The molecule has 19 heavy (non-hydrogen) atoms. The normalized spacial score (nSPS) is 29.4. The van der Waals surface area contributed by atoms with Gasteiger partial charge >= 0.3 is 6.09 Å². The van der Waals surface area contributed by atoms with Crippen molar-refractivity contribution in [3.05, 3.63) is 0 Å². The summed E-state index contributed by atoms with van der Waals surface area (Å²) in [4.78, 5) is 14.0. The van der Waals surface area contributed by atoms with E-state index < -0.39 is 0 Å². The van der Waals surface area contributed by atoms with Gasteiger partial charge in [0, 0.05) is 25.2 Å². The molecule has 2 rings (SSSR count). The number of carbonyl (C=O) groups is 1. The monoisotopic (exact) mass is 268 g/mol. The van der Waals surface area contributed by atoms with E-state index in [2.05, 4.69) is 17.1 Å². The average Bonchev–Trinajstić information content (AvgIpc) is 2.92. The molecule has 0 spiro atoms. The fraction of sp³-hybridized carbons (Fsp3) is 0.933. The molecule has 4 heteroatoms. The summed E-state index contributed by atoms with van der Waals surface area (Å²) in [6.07, 6.45) is 8.73.